The third-order valence-corrected chi connectivity index (χ3v) is 5.89. The van der Waals surface area contributed by atoms with Gasteiger partial charge < -0.3 is 15.0 Å². The first-order chi connectivity index (χ1) is 15.6. The largest absolute Gasteiger partial charge is 0.379 e. The molecular formula is C24H26N6O2. The molecule has 3 heterocycles. The number of nitrogens with one attached hydrogen (secondary N) is 3. The van der Waals surface area contributed by atoms with Crippen LogP contribution in [0.15, 0.2) is 42.6 Å². The lowest BCUT2D eigenvalue weighted by Gasteiger charge is -2.26. The topological polar surface area (TPSA) is 98.9 Å². The molecule has 1 saturated heterocycles. The Morgan fingerprint density at radius 1 is 1.16 bits per heavy atom. The molecule has 8 heteroatoms. The Hall–Kier alpha value is -3.49. The number of aromatic amines is 2. The van der Waals surface area contributed by atoms with Crippen molar-refractivity contribution in [2.45, 2.75) is 20.4 Å². The van der Waals surface area contributed by atoms with Gasteiger partial charge in [-0.15, -0.1) is 0 Å². The number of amides is 1. The summed E-state index contributed by atoms with van der Waals surface area (Å²) < 4.78 is 5.43. The number of aryl methyl sites for hydroxylation is 2. The molecule has 2 aromatic heterocycles. The Bertz CT molecular complexity index is 1250. The minimum absolute atomic E-state index is 0.160. The molecule has 0 bridgehead atoms. The third-order valence-electron chi connectivity index (χ3n) is 5.89. The normalized spacial score (nSPS) is 14.7. The quantitative estimate of drug-likeness (QED) is 0.449. The van der Waals surface area contributed by atoms with E-state index in [2.05, 4.69) is 37.5 Å². The smallest absolute Gasteiger partial charge is 0.256 e. The van der Waals surface area contributed by atoms with Gasteiger partial charge in [-0.1, -0.05) is 24.3 Å². The number of aromatic nitrogens is 4. The van der Waals surface area contributed by atoms with Crippen LogP contribution in [-0.2, 0) is 11.3 Å². The summed E-state index contributed by atoms with van der Waals surface area (Å²) in [6, 6.07) is 12.1. The number of benzene rings is 2. The lowest BCUT2D eigenvalue weighted by molar-refractivity contribution is 0.0342. The maximum absolute atomic E-state index is 12.9. The van der Waals surface area contributed by atoms with Crippen LogP contribution in [0.3, 0.4) is 0 Å². The monoisotopic (exact) mass is 430 g/mol. The average Bonchev–Trinajstić information content (AvgIpc) is 3.40. The molecule has 1 aliphatic heterocycles. The predicted molar refractivity (Wildman–Crippen MR) is 124 cm³/mol. The standard InChI is InChI=1S/C24H26N6O2/c1-15-4-3-5-16(2)21(15)24(31)28-20-13-25-29-22(20)23-26-18-7-6-17(12-19(18)27-23)14-30-8-10-32-11-9-30/h3-7,12-13H,8-11,14H2,1-2H3,(H,25,29)(H,26,27)(H,28,31). The molecule has 0 radical (unpaired) electrons. The fourth-order valence-electron chi connectivity index (χ4n) is 4.21. The number of hydrogen-bond acceptors (Lipinski definition) is 5. The summed E-state index contributed by atoms with van der Waals surface area (Å²) >= 11 is 0. The second-order valence-corrected chi connectivity index (χ2v) is 8.21. The summed E-state index contributed by atoms with van der Waals surface area (Å²) in [4.78, 5) is 23.4. The number of nitrogens with zero attached hydrogens (tertiary/aromatic N) is 3. The van der Waals surface area contributed by atoms with Gasteiger partial charge in [0.2, 0.25) is 0 Å². The predicted octanol–water partition coefficient (Wildman–Crippen LogP) is 3.65. The highest BCUT2D eigenvalue weighted by molar-refractivity contribution is 6.07. The van der Waals surface area contributed by atoms with Gasteiger partial charge in [-0.05, 0) is 42.7 Å². The first-order valence-corrected chi connectivity index (χ1v) is 10.8. The molecule has 0 spiro atoms. The Morgan fingerprint density at radius 2 is 1.94 bits per heavy atom. The van der Waals surface area contributed by atoms with Crippen LogP contribution >= 0.6 is 0 Å². The average molecular weight is 431 g/mol. The Kier molecular flexibility index (Phi) is 5.46. The number of anilines is 1. The van der Waals surface area contributed by atoms with E-state index in [0.29, 0.717) is 22.8 Å². The Balaban J connectivity index is 1.39. The zero-order valence-corrected chi connectivity index (χ0v) is 18.2. The van der Waals surface area contributed by atoms with Crippen LogP contribution in [0.5, 0.6) is 0 Å². The van der Waals surface area contributed by atoms with E-state index in [4.69, 9.17) is 9.72 Å². The van der Waals surface area contributed by atoms with Gasteiger partial charge in [0.05, 0.1) is 36.1 Å². The van der Waals surface area contributed by atoms with Crippen LogP contribution in [0.25, 0.3) is 22.6 Å². The van der Waals surface area contributed by atoms with E-state index in [-0.39, 0.29) is 5.91 Å². The van der Waals surface area contributed by atoms with E-state index in [1.165, 1.54) is 5.56 Å². The summed E-state index contributed by atoms with van der Waals surface area (Å²) in [6.45, 7) is 8.22. The summed E-state index contributed by atoms with van der Waals surface area (Å²) in [5.74, 6) is 0.477. The number of carbonyl (C=O) groups excluding carboxylic acids is 1. The maximum atomic E-state index is 12.9. The summed E-state index contributed by atoms with van der Waals surface area (Å²) in [7, 11) is 0. The van der Waals surface area contributed by atoms with E-state index in [0.717, 1.165) is 55.0 Å². The number of morpholine rings is 1. The molecule has 1 amide bonds. The molecule has 164 valence electrons. The van der Waals surface area contributed by atoms with Crippen LogP contribution in [0, 0.1) is 13.8 Å². The van der Waals surface area contributed by atoms with Crippen LogP contribution in [0.2, 0.25) is 0 Å². The molecule has 8 nitrogen and oxygen atoms in total. The van der Waals surface area contributed by atoms with E-state index in [1.807, 2.05) is 38.1 Å². The van der Waals surface area contributed by atoms with Crippen molar-refractivity contribution in [3.05, 3.63) is 64.8 Å². The highest BCUT2D eigenvalue weighted by atomic mass is 16.5. The van der Waals surface area contributed by atoms with Crippen LogP contribution in [0.4, 0.5) is 5.69 Å². The van der Waals surface area contributed by atoms with Crippen molar-refractivity contribution in [3.63, 3.8) is 0 Å². The zero-order chi connectivity index (χ0) is 22.1. The van der Waals surface area contributed by atoms with Crippen molar-refractivity contribution in [3.8, 4) is 11.5 Å². The molecule has 0 aliphatic carbocycles. The Morgan fingerprint density at radius 3 is 2.72 bits per heavy atom. The lowest BCUT2D eigenvalue weighted by Crippen LogP contribution is -2.35. The minimum Gasteiger partial charge on any atom is -0.379 e. The summed E-state index contributed by atoms with van der Waals surface area (Å²) in [5.41, 5.74) is 6.83. The molecule has 5 rings (SSSR count). The molecule has 2 aromatic carbocycles. The van der Waals surface area contributed by atoms with E-state index < -0.39 is 0 Å². The van der Waals surface area contributed by atoms with Crippen molar-refractivity contribution in [2.75, 3.05) is 31.6 Å². The van der Waals surface area contributed by atoms with Gasteiger partial charge in [0.15, 0.2) is 5.82 Å². The van der Waals surface area contributed by atoms with Gasteiger partial charge >= 0.3 is 0 Å². The highest BCUT2D eigenvalue weighted by Gasteiger charge is 2.18. The third kappa shape index (κ3) is 4.02. The number of H-pyrrole nitrogens is 2. The molecule has 1 fully saturated rings. The molecular weight excluding hydrogens is 404 g/mol. The van der Waals surface area contributed by atoms with E-state index in [1.54, 1.807) is 6.20 Å². The van der Waals surface area contributed by atoms with Crippen LogP contribution in [-0.4, -0.2) is 57.3 Å². The molecule has 1 aliphatic rings. The van der Waals surface area contributed by atoms with Crippen molar-refractivity contribution < 1.29 is 9.53 Å². The maximum Gasteiger partial charge on any atom is 0.256 e. The number of imidazole rings is 1. The van der Waals surface area contributed by atoms with Gasteiger partial charge in [0, 0.05) is 25.2 Å². The number of carbonyl (C=O) groups is 1. The number of hydrogen-bond donors (Lipinski definition) is 3. The van der Waals surface area contributed by atoms with Gasteiger partial charge in [-0.3, -0.25) is 14.8 Å². The number of fused-ring (bicyclic) bond motifs is 1. The fourth-order valence-corrected chi connectivity index (χ4v) is 4.21. The fraction of sp³-hybridized carbons (Fsp3) is 0.292. The molecule has 0 saturated carbocycles. The highest BCUT2D eigenvalue weighted by Crippen LogP contribution is 2.27. The van der Waals surface area contributed by atoms with Gasteiger partial charge in [-0.2, -0.15) is 5.10 Å². The number of rotatable bonds is 5. The summed E-state index contributed by atoms with van der Waals surface area (Å²) in [6.07, 6.45) is 1.61. The van der Waals surface area contributed by atoms with E-state index >= 15 is 0 Å². The van der Waals surface area contributed by atoms with Crippen molar-refractivity contribution in [1.82, 2.24) is 25.1 Å². The summed E-state index contributed by atoms with van der Waals surface area (Å²) in [5, 5.41) is 10.1. The first-order valence-electron chi connectivity index (χ1n) is 10.8. The zero-order valence-electron chi connectivity index (χ0n) is 18.2. The van der Waals surface area contributed by atoms with Crippen molar-refractivity contribution in [1.29, 1.82) is 0 Å². The van der Waals surface area contributed by atoms with Gasteiger partial charge in [0.25, 0.3) is 5.91 Å². The minimum atomic E-state index is -0.160. The molecule has 32 heavy (non-hydrogen) atoms. The van der Waals surface area contributed by atoms with Crippen LogP contribution < -0.4 is 5.32 Å². The first kappa shape index (κ1) is 20.4. The van der Waals surface area contributed by atoms with Gasteiger partial charge in [0.1, 0.15) is 5.69 Å². The molecule has 0 unspecified atom stereocenters. The van der Waals surface area contributed by atoms with Gasteiger partial charge in [-0.25, -0.2) is 4.98 Å². The van der Waals surface area contributed by atoms with Crippen LogP contribution in [0.1, 0.15) is 27.0 Å². The SMILES string of the molecule is Cc1cccc(C)c1C(=O)Nc1cn[nH]c1-c1nc2ccc(CN3CCOCC3)cc2[nH]1. The second kappa shape index (κ2) is 8.57. The Labute approximate surface area is 186 Å². The van der Waals surface area contributed by atoms with E-state index in [9.17, 15) is 4.79 Å². The lowest BCUT2D eigenvalue weighted by atomic mass is 10.0. The van der Waals surface area contributed by atoms with Crippen molar-refractivity contribution in [2.24, 2.45) is 0 Å². The second-order valence-electron chi connectivity index (χ2n) is 8.21. The molecule has 4 aromatic rings. The number of ether oxygens (including phenoxy) is 1. The molecule has 3 N–H and O–H groups in total. The molecule has 0 atom stereocenters. The van der Waals surface area contributed by atoms with Crippen molar-refractivity contribution >= 4 is 22.6 Å².